The molecule has 2 heterocycles. The molecule has 2 aromatic carbocycles. The van der Waals surface area contributed by atoms with Crippen LogP contribution in [-0.4, -0.2) is 29.4 Å². The minimum Gasteiger partial charge on any atom is -0.381 e. The normalized spacial score (nSPS) is 13.7. The van der Waals surface area contributed by atoms with Gasteiger partial charge in [-0.15, -0.1) is 0 Å². The fourth-order valence-corrected chi connectivity index (χ4v) is 3.65. The van der Waals surface area contributed by atoms with Gasteiger partial charge in [-0.25, -0.2) is 23.4 Å². The number of halogens is 2. The third-order valence-electron chi connectivity index (χ3n) is 4.95. The van der Waals surface area contributed by atoms with Crippen LogP contribution in [0.3, 0.4) is 0 Å². The summed E-state index contributed by atoms with van der Waals surface area (Å²) in [5, 5.41) is 15.7. The summed E-state index contributed by atoms with van der Waals surface area (Å²) >= 11 is 0. The Balaban J connectivity index is 1.84. The lowest BCUT2D eigenvalue weighted by Gasteiger charge is -2.30. The minimum atomic E-state index is -1.70. The number of aromatic nitrogens is 5. The number of aryl methyl sites for hydroxylation is 1. The number of rotatable bonds is 7. The van der Waals surface area contributed by atoms with Crippen molar-refractivity contribution in [2.75, 3.05) is 0 Å². The van der Waals surface area contributed by atoms with E-state index in [2.05, 4.69) is 15.1 Å². The Kier molecular flexibility index (Phi) is 5.10. The fourth-order valence-electron chi connectivity index (χ4n) is 3.65. The van der Waals surface area contributed by atoms with E-state index >= 15 is 0 Å². The lowest BCUT2D eigenvalue weighted by atomic mass is 9.92. The quantitative estimate of drug-likeness (QED) is 0.519. The van der Waals surface area contributed by atoms with Crippen molar-refractivity contribution in [3.63, 3.8) is 0 Å². The zero-order chi connectivity index (χ0) is 20.4. The molecule has 29 heavy (non-hydrogen) atoms. The Hall–Kier alpha value is -3.13. The van der Waals surface area contributed by atoms with Crippen LogP contribution in [0, 0.1) is 11.6 Å². The van der Waals surface area contributed by atoms with Gasteiger partial charge >= 0.3 is 0 Å². The highest BCUT2D eigenvalue weighted by molar-refractivity contribution is 5.76. The third-order valence-corrected chi connectivity index (χ3v) is 4.95. The molecular formula is C21H21F2N5O. The Labute approximate surface area is 166 Å². The number of para-hydroxylation sites is 2. The number of aliphatic hydroxyl groups is 1. The van der Waals surface area contributed by atoms with Crippen molar-refractivity contribution in [3.8, 4) is 0 Å². The van der Waals surface area contributed by atoms with Gasteiger partial charge in [0.05, 0.1) is 24.1 Å². The summed E-state index contributed by atoms with van der Waals surface area (Å²) in [6.07, 6.45) is 4.37. The summed E-state index contributed by atoms with van der Waals surface area (Å²) in [7, 11) is 0. The molecule has 6 nitrogen and oxygen atoms in total. The highest BCUT2D eigenvalue weighted by atomic mass is 19.1. The summed E-state index contributed by atoms with van der Waals surface area (Å²) in [5.41, 5.74) is -0.0546. The second-order valence-corrected chi connectivity index (χ2v) is 7.10. The smallest absolute Gasteiger partial charge is 0.137 e. The van der Waals surface area contributed by atoms with Crippen molar-refractivity contribution in [2.45, 2.75) is 38.5 Å². The minimum absolute atomic E-state index is 0.00497. The van der Waals surface area contributed by atoms with Crippen LogP contribution in [0.2, 0.25) is 0 Å². The van der Waals surface area contributed by atoms with Crippen LogP contribution in [0.15, 0.2) is 55.1 Å². The molecule has 1 atom stereocenters. The van der Waals surface area contributed by atoms with Crippen LogP contribution in [-0.2, 0) is 25.1 Å². The molecule has 0 aliphatic carbocycles. The lowest BCUT2D eigenvalue weighted by molar-refractivity contribution is -0.00514. The van der Waals surface area contributed by atoms with E-state index in [1.54, 1.807) is 0 Å². The van der Waals surface area contributed by atoms with Gasteiger partial charge in [0, 0.05) is 18.1 Å². The molecule has 8 heteroatoms. The topological polar surface area (TPSA) is 68.8 Å². The highest BCUT2D eigenvalue weighted by Gasteiger charge is 2.35. The van der Waals surface area contributed by atoms with E-state index in [0.717, 1.165) is 35.4 Å². The third kappa shape index (κ3) is 3.75. The molecule has 0 amide bonds. The first-order valence-corrected chi connectivity index (χ1v) is 9.44. The van der Waals surface area contributed by atoms with Crippen LogP contribution >= 0.6 is 0 Å². The average molecular weight is 397 g/mol. The molecule has 4 rings (SSSR count). The van der Waals surface area contributed by atoms with Crippen LogP contribution in [0.1, 0.15) is 24.7 Å². The highest BCUT2D eigenvalue weighted by Crippen LogP contribution is 2.31. The molecule has 0 aliphatic rings. The predicted molar refractivity (Wildman–Crippen MR) is 104 cm³/mol. The van der Waals surface area contributed by atoms with Gasteiger partial charge in [0.15, 0.2) is 0 Å². The van der Waals surface area contributed by atoms with Gasteiger partial charge < -0.3 is 9.67 Å². The first kappa shape index (κ1) is 19.2. The summed E-state index contributed by atoms with van der Waals surface area (Å²) in [6.45, 7) is 2.03. The van der Waals surface area contributed by atoms with E-state index in [1.165, 1.54) is 23.4 Å². The van der Waals surface area contributed by atoms with E-state index in [-0.39, 0.29) is 18.7 Å². The number of benzene rings is 2. The van der Waals surface area contributed by atoms with E-state index in [1.807, 2.05) is 35.8 Å². The van der Waals surface area contributed by atoms with Gasteiger partial charge in [0.1, 0.15) is 35.7 Å². The Bertz CT molecular complexity index is 1130. The number of hydrogen-bond acceptors (Lipinski definition) is 4. The van der Waals surface area contributed by atoms with Gasteiger partial charge in [-0.2, -0.15) is 5.10 Å². The molecule has 2 aromatic heterocycles. The largest absolute Gasteiger partial charge is 0.381 e. The van der Waals surface area contributed by atoms with E-state index in [4.69, 9.17) is 0 Å². The molecule has 0 aliphatic heterocycles. The summed E-state index contributed by atoms with van der Waals surface area (Å²) in [6, 6.07) is 10.8. The second kappa shape index (κ2) is 7.71. The van der Waals surface area contributed by atoms with Gasteiger partial charge in [0.25, 0.3) is 0 Å². The second-order valence-electron chi connectivity index (χ2n) is 7.10. The van der Waals surface area contributed by atoms with Crippen molar-refractivity contribution in [3.05, 3.63) is 78.1 Å². The zero-order valence-corrected chi connectivity index (χ0v) is 16.0. The first-order chi connectivity index (χ1) is 14.0. The molecule has 4 aromatic rings. The van der Waals surface area contributed by atoms with Crippen molar-refractivity contribution >= 4 is 11.0 Å². The molecule has 0 bridgehead atoms. The Morgan fingerprint density at radius 2 is 1.93 bits per heavy atom. The van der Waals surface area contributed by atoms with Crippen LogP contribution in [0.4, 0.5) is 8.78 Å². The lowest BCUT2D eigenvalue weighted by Crippen LogP contribution is -2.38. The molecule has 0 fully saturated rings. The van der Waals surface area contributed by atoms with E-state index in [9.17, 15) is 13.9 Å². The fraction of sp³-hybridized carbons (Fsp3) is 0.286. The monoisotopic (exact) mass is 397 g/mol. The van der Waals surface area contributed by atoms with Gasteiger partial charge in [-0.1, -0.05) is 25.1 Å². The molecule has 0 saturated heterocycles. The summed E-state index contributed by atoms with van der Waals surface area (Å²) in [5.74, 6) is -0.712. The van der Waals surface area contributed by atoms with Crippen LogP contribution in [0.5, 0.6) is 0 Å². The molecule has 1 N–H and O–H groups in total. The number of fused-ring (bicyclic) bond motifs is 1. The van der Waals surface area contributed by atoms with Crippen molar-refractivity contribution in [1.82, 2.24) is 24.3 Å². The Morgan fingerprint density at radius 3 is 2.66 bits per heavy atom. The van der Waals surface area contributed by atoms with Crippen molar-refractivity contribution in [1.29, 1.82) is 0 Å². The standard InChI is InChI=1S/C21H21F2N5O/c1-2-5-20-26-18-6-3-4-7-19(18)28(20)12-21(29,11-27-14-24-13-25-27)16-9-8-15(22)10-17(16)23/h3-4,6-10,13-14,29H,2,5,11-12H2,1H3. The zero-order valence-electron chi connectivity index (χ0n) is 16.0. The van der Waals surface area contributed by atoms with Gasteiger partial charge in [-0.05, 0) is 24.6 Å². The molecule has 1 unspecified atom stereocenters. The van der Waals surface area contributed by atoms with Gasteiger partial charge in [0.2, 0.25) is 0 Å². The maximum atomic E-state index is 14.7. The predicted octanol–water partition coefficient (Wildman–Crippen LogP) is 3.45. The number of hydrogen-bond donors (Lipinski definition) is 1. The van der Waals surface area contributed by atoms with Crippen LogP contribution < -0.4 is 0 Å². The van der Waals surface area contributed by atoms with Gasteiger partial charge in [-0.3, -0.25) is 0 Å². The maximum Gasteiger partial charge on any atom is 0.137 e. The number of nitrogens with zero attached hydrogens (tertiary/aromatic N) is 5. The summed E-state index contributed by atoms with van der Waals surface area (Å²) < 4.78 is 31.5. The average Bonchev–Trinajstić information content (AvgIpc) is 3.30. The van der Waals surface area contributed by atoms with E-state index in [0.29, 0.717) is 6.42 Å². The van der Waals surface area contributed by atoms with Crippen LogP contribution in [0.25, 0.3) is 11.0 Å². The molecule has 150 valence electrons. The number of imidazole rings is 1. The molecular weight excluding hydrogens is 376 g/mol. The maximum absolute atomic E-state index is 14.7. The summed E-state index contributed by atoms with van der Waals surface area (Å²) in [4.78, 5) is 8.58. The first-order valence-electron chi connectivity index (χ1n) is 9.44. The molecule has 0 spiro atoms. The molecule has 0 saturated carbocycles. The van der Waals surface area contributed by atoms with E-state index < -0.39 is 17.2 Å². The van der Waals surface area contributed by atoms with Crippen molar-refractivity contribution in [2.24, 2.45) is 0 Å². The molecule has 0 radical (unpaired) electrons. The SMILES string of the molecule is CCCc1nc2ccccc2n1CC(O)(Cn1cncn1)c1ccc(F)cc1F. The van der Waals surface area contributed by atoms with Crippen molar-refractivity contribution < 1.29 is 13.9 Å². The Morgan fingerprint density at radius 1 is 1.10 bits per heavy atom.